The first-order valence-corrected chi connectivity index (χ1v) is 7.28. The SMILES string of the molecule is CN1CCN(CCCc2ccc(OC(F)(F)F)c(F)c2)CC1. The van der Waals surface area contributed by atoms with Gasteiger partial charge < -0.3 is 14.5 Å². The third-order valence-electron chi connectivity index (χ3n) is 3.76. The smallest absolute Gasteiger partial charge is 0.403 e. The highest BCUT2D eigenvalue weighted by Gasteiger charge is 2.32. The molecule has 3 nitrogen and oxygen atoms in total. The van der Waals surface area contributed by atoms with Crippen molar-refractivity contribution in [3.63, 3.8) is 0 Å². The molecular weight excluding hydrogens is 300 g/mol. The summed E-state index contributed by atoms with van der Waals surface area (Å²) in [6, 6.07) is 3.63. The number of piperazine rings is 1. The van der Waals surface area contributed by atoms with Crippen molar-refractivity contribution >= 4 is 0 Å². The molecule has 0 unspecified atom stereocenters. The van der Waals surface area contributed by atoms with Crippen LogP contribution in [0.1, 0.15) is 12.0 Å². The van der Waals surface area contributed by atoms with E-state index in [0.717, 1.165) is 51.3 Å². The molecule has 1 aliphatic rings. The summed E-state index contributed by atoms with van der Waals surface area (Å²) in [6.45, 7) is 5.03. The van der Waals surface area contributed by atoms with Gasteiger partial charge in [0.15, 0.2) is 11.6 Å². The summed E-state index contributed by atoms with van der Waals surface area (Å²) in [5.74, 6) is -1.76. The maximum atomic E-state index is 13.6. The van der Waals surface area contributed by atoms with Crippen molar-refractivity contribution in [3.8, 4) is 5.75 Å². The highest BCUT2D eigenvalue weighted by molar-refractivity contribution is 5.29. The van der Waals surface area contributed by atoms with Crippen molar-refractivity contribution in [2.24, 2.45) is 0 Å². The maximum absolute atomic E-state index is 13.6. The lowest BCUT2D eigenvalue weighted by Gasteiger charge is -2.32. The topological polar surface area (TPSA) is 15.7 Å². The fourth-order valence-electron chi connectivity index (χ4n) is 2.49. The van der Waals surface area contributed by atoms with Crippen molar-refractivity contribution < 1.29 is 22.3 Å². The lowest BCUT2D eigenvalue weighted by atomic mass is 10.1. The Kier molecular flexibility index (Phi) is 5.63. The predicted octanol–water partition coefficient (Wildman–Crippen LogP) is 2.90. The Morgan fingerprint density at radius 2 is 1.82 bits per heavy atom. The molecule has 0 saturated carbocycles. The van der Waals surface area contributed by atoms with Gasteiger partial charge in [-0.25, -0.2) is 4.39 Å². The number of rotatable bonds is 5. The quantitative estimate of drug-likeness (QED) is 0.776. The number of nitrogens with zero attached hydrogens (tertiary/aromatic N) is 2. The molecule has 1 aromatic carbocycles. The first-order valence-electron chi connectivity index (χ1n) is 7.28. The van der Waals surface area contributed by atoms with E-state index in [4.69, 9.17) is 0 Å². The predicted molar refractivity (Wildman–Crippen MR) is 75.3 cm³/mol. The Morgan fingerprint density at radius 3 is 2.41 bits per heavy atom. The lowest BCUT2D eigenvalue weighted by Crippen LogP contribution is -2.44. The van der Waals surface area contributed by atoms with Gasteiger partial charge in [-0.3, -0.25) is 0 Å². The van der Waals surface area contributed by atoms with Gasteiger partial charge >= 0.3 is 6.36 Å². The van der Waals surface area contributed by atoms with E-state index in [2.05, 4.69) is 21.6 Å². The number of halogens is 4. The maximum Gasteiger partial charge on any atom is 0.573 e. The highest BCUT2D eigenvalue weighted by atomic mass is 19.4. The van der Waals surface area contributed by atoms with E-state index in [1.54, 1.807) is 0 Å². The molecular formula is C15H20F4N2O. The highest BCUT2D eigenvalue weighted by Crippen LogP contribution is 2.26. The molecule has 1 saturated heterocycles. The molecule has 0 aliphatic carbocycles. The Morgan fingerprint density at radius 1 is 1.14 bits per heavy atom. The van der Waals surface area contributed by atoms with E-state index < -0.39 is 17.9 Å². The van der Waals surface area contributed by atoms with Crippen LogP contribution >= 0.6 is 0 Å². The number of aryl methyl sites for hydroxylation is 1. The summed E-state index contributed by atoms with van der Waals surface area (Å²) < 4.78 is 53.4. The molecule has 7 heteroatoms. The van der Waals surface area contributed by atoms with Gasteiger partial charge in [0.05, 0.1) is 0 Å². The van der Waals surface area contributed by atoms with Gasteiger partial charge in [0, 0.05) is 26.2 Å². The summed E-state index contributed by atoms with van der Waals surface area (Å²) in [5.41, 5.74) is 0.682. The van der Waals surface area contributed by atoms with Crippen LogP contribution in [0.5, 0.6) is 5.75 Å². The number of ether oxygens (including phenoxy) is 1. The number of likely N-dealkylation sites (N-methyl/N-ethyl adjacent to an activating group) is 1. The van der Waals surface area contributed by atoms with Gasteiger partial charge in [0.2, 0.25) is 0 Å². The van der Waals surface area contributed by atoms with Crippen LogP contribution in [0.2, 0.25) is 0 Å². The Hall–Kier alpha value is -1.34. The van der Waals surface area contributed by atoms with Crippen molar-refractivity contribution in [2.45, 2.75) is 19.2 Å². The first-order chi connectivity index (χ1) is 10.3. The number of hydrogen-bond donors (Lipinski definition) is 0. The lowest BCUT2D eigenvalue weighted by molar-refractivity contribution is -0.275. The molecule has 1 aliphatic heterocycles. The minimum Gasteiger partial charge on any atom is -0.403 e. The number of hydrogen-bond acceptors (Lipinski definition) is 3. The van der Waals surface area contributed by atoms with E-state index in [1.165, 1.54) is 6.07 Å². The average Bonchev–Trinajstić information content (AvgIpc) is 2.43. The van der Waals surface area contributed by atoms with E-state index in [0.29, 0.717) is 12.0 Å². The van der Waals surface area contributed by atoms with Crippen LogP contribution in [0.4, 0.5) is 17.6 Å². The molecule has 22 heavy (non-hydrogen) atoms. The standard InChI is InChI=1S/C15H20F4N2O/c1-20-7-9-21(10-8-20)6-2-3-12-4-5-14(13(16)11-12)22-15(17,18)19/h4-5,11H,2-3,6-10H2,1H3. The molecule has 0 amide bonds. The molecule has 0 atom stereocenters. The van der Waals surface area contributed by atoms with Gasteiger partial charge in [-0.05, 0) is 44.1 Å². The van der Waals surface area contributed by atoms with Gasteiger partial charge in [-0.1, -0.05) is 6.07 Å². The fourth-order valence-corrected chi connectivity index (χ4v) is 2.49. The fraction of sp³-hybridized carbons (Fsp3) is 0.600. The third kappa shape index (κ3) is 5.46. The van der Waals surface area contributed by atoms with E-state index in [9.17, 15) is 17.6 Å². The largest absolute Gasteiger partial charge is 0.573 e. The van der Waals surface area contributed by atoms with Crippen molar-refractivity contribution in [1.29, 1.82) is 0 Å². The number of benzene rings is 1. The second-order valence-corrected chi connectivity index (χ2v) is 5.56. The minimum atomic E-state index is -4.87. The van der Waals surface area contributed by atoms with Crippen LogP contribution in [0.15, 0.2) is 18.2 Å². The summed E-state index contributed by atoms with van der Waals surface area (Å²) in [7, 11) is 2.09. The second-order valence-electron chi connectivity index (χ2n) is 5.56. The zero-order chi connectivity index (χ0) is 16.2. The van der Waals surface area contributed by atoms with Gasteiger partial charge in [0.1, 0.15) is 0 Å². The Bertz CT molecular complexity index is 485. The van der Waals surface area contributed by atoms with Crippen LogP contribution in [-0.2, 0) is 6.42 Å². The monoisotopic (exact) mass is 320 g/mol. The van der Waals surface area contributed by atoms with Gasteiger partial charge in [-0.2, -0.15) is 0 Å². The second kappa shape index (κ2) is 7.28. The zero-order valence-electron chi connectivity index (χ0n) is 12.5. The van der Waals surface area contributed by atoms with Crippen molar-refractivity contribution in [3.05, 3.63) is 29.6 Å². The minimum absolute atomic E-state index is 0.634. The zero-order valence-corrected chi connectivity index (χ0v) is 12.5. The van der Waals surface area contributed by atoms with Crippen LogP contribution in [0.3, 0.4) is 0 Å². The molecule has 0 spiro atoms. The average molecular weight is 320 g/mol. The van der Waals surface area contributed by atoms with Crippen LogP contribution < -0.4 is 4.74 Å². The summed E-state index contributed by atoms with van der Waals surface area (Å²) in [6.07, 6.45) is -3.39. The molecule has 1 heterocycles. The Labute approximate surface area is 127 Å². The van der Waals surface area contributed by atoms with Crippen LogP contribution in [0.25, 0.3) is 0 Å². The Balaban J connectivity index is 1.80. The summed E-state index contributed by atoms with van der Waals surface area (Å²) >= 11 is 0. The molecule has 0 radical (unpaired) electrons. The molecule has 0 N–H and O–H groups in total. The molecule has 124 valence electrons. The van der Waals surface area contributed by atoms with E-state index in [-0.39, 0.29) is 0 Å². The first kappa shape index (κ1) is 17.0. The van der Waals surface area contributed by atoms with Crippen LogP contribution in [-0.4, -0.2) is 55.9 Å². The van der Waals surface area contributed by atoms with Crippen LogP contribution in [0, 0.1) is 5.82 Å². The van der Waals surface area contributed by atoms with E-state index in [1.807, 2.05) is 0 Å². The van der Waals surface area contributed by atoms with Crippen molar-refractivity contribution in [1.82, 2.24) is 9.80 Å². The molecule has 1 fully saturated rings. The summed E-state index contributed by atoms with van der Waals surface area (Å²) in [4.78, 5) is 4.61. The molecule has 0 bridgehead atoms. The van der Waals surface area contributed by atoms with Crippen molar-refractivity contribution in [2.75, 3.05) is 39.8 Å². The summed E-state index contributed by atoms with van der Waals surface area (Å²) in [5, 5.41) is 0. The third-order valence-corrected chi connectivity index (χ3v) is 3.76. The normalized spacial score (nSPS) is 17.7. The van der Waals surface area contributed by atoms with E-state index >= 15 is 0 Å². The van der Waals surface area contributed by atoms with Gasteiger partial charge in [0.25, 0.3) is 0 Å². The molecule has 0 aromatic heterocycles. The molecule has 1 aromatic rings. The number of alkyl halides is 3. The van der Waals surface area contributed by atoms with Gasteiger partial charge in [-0.15, -0.1) is 13.2 Å². The molecule has 2 rings (SSSR count).